The van der Waals surface area contributed by atoms with Gasteiger partial charge in [-0.15, -0.1) is 0 Å². The molecule has 2 aliphatic heterocycles. The van der Waals surface area contributed by atoms with E-state index in [1.165, 1.54) is 11.1 Å². The molecule has 2 atom stereocenters. The second kappa shape index (κ2) is 6.89. The zero-order valence-electron chi connectivity index (χ0n) is 13.8. The van der Waals surface area contributed by atoms with Gasteiger partial charge in [0, 0.05) is 32.7 Å². The number of aliphatic hydroxyl groups is 1. The Morgan fingerprint density at radius 2 is 1.58 bits per heavy atom. The highest BCUT2D eigenvalue weighted by atomic mass is 32.2. The first-order valence-corrected chi connectivity index (χ1v) is 9.43. The van der Waals surface area contributed by atoms with E-state index in [1.807, 2.05) is 11.9 Å². The molecule has 126 valence electrons. The monoisotopic (exact) mass is 340 g/mol. The third-order valence-electron chi connectivity index (χ3n) is 5.09. The molecule has 0 aromatic heterocycles. The van der Waals surface area contributed by atoms with Gasteiger partial charge in [-0.25, -0.2) is 4.31 Å². The second-order valence-electron chi connectivity index (χ2n) is 6.93. The van der Waals surface area contributed by atoms with Crippen LogP contribution < -0.4 is 0 Å². The van der Waals surface area contributed by atoms with Gasteiger partial charge < -0.3 is 5.11 Å². The summed E-state index contributed by atoms with van der Waals surface area (Å²) < 4.78 is 2.32. The summed E-state index contributed by atoms with van der Waals surface area (Å²) >= 11 is 1.88. The molecule has 2 fully saturated rings. The van der Waals surface area contributed by atoms with E-state index in [0.717, 1.165) is 39.1 Å². The van der Waals surface area contributed by atoms with Crippen molar-refractivity contribution >= 4 is 11.9 Å². The standard InChI is InChI=1S/C20H24N2OS/c23-19-15-22(14-18-9-5-2-6-10-18)24-20(19)11-12-21(16-20)13-17-7-3-1-4-8-17/h1-10,19,23H,11-16H2/t19-,20+/m0/s1. The Hall–Kier alpha value is -1.33. The van der Waals surface area contributed by atoms with Gasteiger partial charge in [-0.3, -0.25) is 4.90 Å². The van der Waals surface area contributed by atoms with Crippen molar-refractivity contribution < 1.29 is 5.11 Å². The van der Waals surface area contributed by atoms with Gasteiger partial charge in [0.15, 0.2) is 0 Å². The van der Waals surface area contributed by atoms with Gasteiger partial charge >= 0.3 is 0 Å². The molecule has 4 rings (SSSR count). The minimum atomic E-state index is -0.244. The number of rotatable bonds is 4. The van der Waals surface area contributed by atoms with Gasteiger partial charge in [-0.1, -0.05) is 72.6 Å². The number of hydrogen-bond donors (Lipinski definition) is 1. The van der Waals surface area contributed by atoms with Crippen LogP contribution in [0.4, 0.5) is 0 Å². The first-order chi connectivity index (χ1) is 11.7. The Bertz CT molecular complexity index is 662. The van der Waals surface area contributed by atoms with Crippen LogP contribution in [0.5, 0.6) is 0 Å². The van der Waals surface area contributed by atoms with Gasteiger partial charge in [-0.2, -0.15) is 0 Å². The molecule has 2 aromatic rings. The first kappa shape index (κ1) is 16.2. The van der Waals surface area contributed by atoms with Crippen LogP contribution in [0.2, 0.25) is 0 Å². The number of benzene rings is 2. The SMILES string of the molecule is O[C@H]1CN(Cc2ccccc2)S[C@@]12CCN(Cc1ccccc1)C2. The Morgan fingerprint density at radius 3 is 2.25 bits per heavy atom. The van der Waals surface area contributed by atoms with Crippen molar-refractivity contribution in [1.29, 1.82) is 0 Å². The molecule has 0 unspecified atom stereocenters. The number of β-amino-alcohol motifs (C(OH)–C–C–N with tert-alkyl or cyclic N) is 1. The van der Waals surface area contributed by atoms with Crippen LogP contribution in [-0.2, 0) is 13.1 Å². The van der Waals surface area contributed by atoms with Crippen LogP contribution in [0.25, 0.3) is 0 Å². The maximum atomic E-state index is 10.7. The zero-order chi connectivity index (χ0) is 16.4. The van der Waals surface area contributed by atoms with Crippen LogP contribution in [0.15, 0.2) is 60.7 Å². The van der Waals surface area contributed by atoms with Crippen LogP contribution in [0.3, 0.4) is 0 Å². The van der Waals surface area contributed by atoms with Gasteiger partial charge in [-0.05, 0) is 17.5 Å². The predicted octanol–water partition coefficient (Wildman–Crippen LogP) is 3.16. The number of nitrogens with zero attached hydrogens (tertiary/aromatic N) is 2. The van der Waals surface area contributed by atoms with Crippen molar-refractivity contribution in [3.8, 4) is 0 Å². The normalized spacial score (nSPS) is 28.0. The van der Waals surface area contributed by atoms with E-state index in [0.29, 0.717) is 0 Å². The average molecular weight is 340 g/mol. The topological polar surface area (TPSA) is 26.7 Å². The van der Waals surface area contributed by atoms with Gasteiger partial charge in [0.1, 0.15) is 0 Å². The third kappa shape index (κ3) is 3.38. The molecule has 0 radical (unpaired) electrons. The lowest BCUT2D eigenvalue weighted by Crippen LogP contribution is -2.39. The molecule has 2 saturated heterocycles. The molecule has 3 nitrogen and oxygen atoms in total. The molecular weight excluding hydrogens is 316 g/mol. The lowest BCUT2D eigenvalue weighted by atomic mass is 10.0. The summed E-state index contributed by atoms with van der Waals surface area (Å²) in [7, 11) is 0. The number of likely N-dealkylation sites (tertiary alicyclic amines) is 1. The minimum absolute atomic E-state index is 0.0242. The first-order valence-electron chi connectivity index (χ1n) is 8.66. The Morgan fingerprint density at radius 1 is 0.958 bits per heavy atom. The highest BCUT2D eigenvalue weighted by molar-refractivity contribution is 7.98. The van der Waals surface area contributed by atoms with Crippen molar-refractivity contribution in [2.24, 2.45) is 0 Å². The molecule has 0 amide bonds. The fourth-order valence-corrected chi connectivity index (χ4v) is 5.37. The van der Waals surface area contributed by atoms with E-state index in [9.17, 15) is 5.11 Å². The Kier molecular flexibility index (Phi) is 4.63. The summed E-state index contributed by atoms with van der Waals surface area (Å²) in [5.41, 5.74) is 2.67. The van der Waals surface area contributed by atoms with Gasteiger partial charge in [0.05, 0.1) is 10.9 Å². The van der Waals surface area contributed by atoms with Gasteiger partial charge in [0.25, 0.3) is 0 Å². The van der Waals surface area contributed by atoms with Crippen LogP contribution in [0, 0.1) is 0 Å². The summed E-state index contributed by atoms with van der Waals surface area (Å²) in [5.74, 6) is 0. The molecule has 0 saturated carbocycles. The molecule has 24 heavy (non-hydrogen) atoms. The number of hydrogen-bond acceptors (Lipinski definition) is 4. The summed E-state index contributed by atoms with van der Waals surface area (Å²) in [6.07, 6.45) is 0.823. The van der Waals surface area contributed by atoms with Crippen molar-refractivity contribution in [3.05, 3.63) is 71.8 Å². The van der Waals surface area contributed by atoms with Crippen LogP contribution in [0.1, 0.15) is 17.5 Å². The van der Waals surface area contributed by atoms with Crippen molar-refractivity contribution in [2.75, 3.05) is 19.6 Å². The largest absolute Gasteiger partial charge is 0.390 e. The Labute approximate surface area is 148 Å². The fourth-order valence-electron chi connectivity index (χ4n) is 3.81. The van der Waals surface area contributed by atoms with E-state index < -0.39 is 0 Å². The summed E-state index contributed by atoms with van der Waals surface area (Å²) in [6.45, 7) is 4.69. The second-order valence-corrected chi connectivity index (χ2v) is 8.44. The molecule has 0 bridgehead atoms. The molecule has 2 aromatic carbocycles. The van der Waals surface area contributed by atoms with E-state index in [2.05, 4.69) is 69.9 Å². The van der Waals surface area contributed by atoms with E-state index >= 15 is 0 Å². The molecule has 0 aliphatic carbocycles. The molecule has 2 aliphatic rings. The lowest BCUT2D eigenvalue weighted by Gasteiger charge is -2.26. The predicted molar refractivity (Wildman–Crippen MR) is 99.5 cm³/mol. The minimum Gasteiger partial charge on any atom is -0.390 e. The molecule has 1 N–H and O–H groups in total. The quantitative estimate of drug-likeness (QED) is 0.865. The van der Waals surface area contributed by atoms with E-state index in [-0.39, 0.29) is 10.9 Å². The summed E-state index contributed by atoms with van der Waals surface area (Å²) in [4.78, 5) is 2.48. The maximum absolute atomic E-state index is 10.7. The summed E-state index contributed by atoms with van der Waals surface area (Å²) in [5, 5.41) is 10.7. The van der Waals surface area contributed by atoms with E-state index in [1.54, 1.807) is 0 Å². The average Bonchev–Trinajstić information content (AvgIpc) is 3.13. The third-order valence-corrected chi connectivity index (χ3v) is 6.59. The van der Waals surface area contributed by atoms with Gasteiger partial charge in [0.2, 0.25) is 0 Å². The summed E-state index contributed by atoms with van der Waals surface area (Å²) in [6, 6.07) is 21.2. The molecule has 2 heterocycles. The highest BCUT2D eigenvalue weighted by Crippen LogP contribution is 2.46. The smallest absolute Gasteiger partial charge is 0.0848 e. The van der Waals surface area contributed by atoms with Crippen molar-refractivity contribution in [3.63, 3.8) is 0 Å². The molecular formula is C20H24N2OS. The maximum Gasteiger partial charge on any atom is 0.0848 e. The van der Waals surface area contributed by atoms with Crippen LogP contribution in [-0.4, -0.2) is 44.8 Å². The van der Waals surface area contributed by atoms with Crippen molar-refractivity contribution in [1.82, 2.24) is 9.21 Å². The Balaban J connectivity index is 1.39. The lowest BCUT2D eigenvalue weighted by molar-refractivity contribution is 0.127. The zero-order valence-corrected chi connectivity index (χ0v) is 14.7. The molecule has 1 spiro atoms. The van der Waals surface area contributed by atoms with E-state index in [4.69, 9.17) is 0 Å². The fraction of sp³-hybridized carbons (Fsp3) is 0.400. The highest BCUT2D eigenvalue weighted by Gasteiger charge is 2.50. The molecule has 4 heteroatoms. The van der Waals surface area contributed by atoms with Crippen LogP contribution >= 0.6 is 11.9 Å². The van der Waals surface area contributed by atoms with Crippen molar-refractivity contribution in [2.45, 2.75) is 30.4 Å². The number of aliphatic hydroxyl groups excluding tert-OH is 1.